The minimum atomic E-state index is -0.924. The van der Waals surface area contributed by atoms with E-state index in [1.165, 1.54) is 6.07 Å². The standard InChI is InChI=1S/C11H13FN2O4/c12-8-5-4-7(6-10(8)14(17)18)9(13)2-1-3-11(15)16/h4-6,9H,1-3,13H2,(H,15,16). The van der Waals surface area contributed by atoms with Gasteiger partial charge >= 0.3 is 11.7 Å². The van der Waals surface area contributed by atoms with Crippen LogP contribution in [0.15, 0.2) is 18.2 Å². The van der Waals surface area contributed by atoms with Gasteiger partial charge in [0.15, 0.2) is 0 Å². The Kier molecular flexibility index (Phi) is 4.73. The van der Waals surface area contributed by atoms with Crippen molar-refractivity contribution in [3.05, 3.63) is 39.7 Å². The maximum atomic E-state index is 13.1. The molecule has 0 bridgehead atoms. The minimum absolute atomic E-state index is 0.0169. The van der Waals surface area contributed by atoms with Crippen molar-refractivity contribution in [2.75, 3.05) is 0 Å². The highest BCUT2D eigenvalue weighted by Gasteiger charge is 2.17. The third kappa shape index (κ3) is 3.77. The normalized spacial score (nSPS) is 12.1. The monoisotopic (exact) mass is 256 g/mol. The van der Waals surface area contributed by atoms with Crippen molar-refractivity contribution in [1.82, 2.24) is 0 Å². The molecule has 6 nitrogen and oxygen atoms in total. The van der Waals surface area contributed by atoms with Crippen LogP contribution in [0.5, 0.6) is 0 Å². The summed E-state index contributed by atoms with van der Waals surface area (Å²) in [5, 5.41) is 19.0. The van der Waals surface area contributed by atoms with Gasteiger partial charge in [-0.3, -0.25) is 14.9 Å². The van der Waals surface area contributed by atoms with Crippen LogP contribution in [0.2, 0.25) is 0 Å². The zero-order valence-electron chi connectivity index (χ0n) is 9.51. The van der Waals surface area contributed by atoms with Crippen molar-refractivity contribution in [2.45, 2.75) is 25.3 Å². The van der Waals surface area contributed by atoms with E-state index < -0.39 is 28.4 Å². The molecule has 0 spiro atoms. The van der Waals surface area contributed by atoms with E-state index >= 15 is 0 Å². The molecule has 0 aliphatic heterocycles. The van der Waals surface area contributed by atoms with Gasteiger partial charge in [-0.25, -0.2) is 0 Å². The van der Waals surface area contributed by atoms with Gasteiger partial charge in [-0.1, -0.05) is 6.07 Å². The molecule has 1 aromatic carbocycles. The highest BCUT2D eigenvalue weighted by molar-refractivity contribution is 5.66. The summed E-state index contributed by atoms with van der Waals surface area (Å²) in [7, 11) is 0. The zero-order chi connectivity index (χ0) is 13.7. The summed E-state index contributed by atoms with van der Waals surface area (Å²) in [5.74, 6) is -1.84. The predicted octanol–water partition coefficient (Wildman–Crippen LogP) is 1.99. The van der Waals surface area contributed by atoms with Gasteiger partial charge in [0, 0.05) is 18.5 Å². The van der Waals surface area contributed by atoms with Crippen molar-refractivity contribution in [3.63, 3.8) is 0 Å². The lowest BCUT2D eigenvalue weighted by Gasteiger charge is -2.11. The van der Waals surface area contributed by atoms with Crippen LogP contribution >= 0.6 is 0 Å². The molecule has 0 amide bonds. The van der Waals surface area contributed by atoms with Crippen LogP contribution in [0.1, 0.15) is 30.9 Å². The molecular formula is C11H13FN2O4. The number of nitro groups is 1. The van der Waals surface area contributed by atoms with Crippen molar-refractivity contribution in [2.24, 2.45) is 5.73 Å². The number of carboxylic acid groups (broad SMARTS) is 1. The summed E-state index contributed by atoms with van der Waals surface area (Å²) in [4.78, 5) is 20.1. The molecule has 1 aromatic rings. The van der Waals surface area contributed by atoms with Crippen molar-refractivity contribution in [1.29, 1.82) is 0 Å². The molecule has 98 valence electrons. The second kappa shape index (κ2) is 6.06. The first-order chi connectivity index (χ1) is 8.41. The Hall–Kier alpha value is -2.02. The fourth-order valence-electron chi connectivity index (χ4n) is 1.54. The van der Waals surface area contributed by atoms with E-state index in [1.54, 1.807) is 0 Å². The van der Waals surface area contributed by atoms with Crippen LogP contribution in [0.3, 0.4) is 0 Å². The lowest BCUT2D eigenvalue weighted by molar-refractivity contribution is -0.387. The largest absolute Gasteiger partial charge is 0.481 e. The Morgan fingerprint density at radius 3 is 2.78 bits per heavy atom. The van der Waals surface area contributed by atoms with Gasteiger partial charge in [-0.05, 0) is 24.5 Å². The Morgan fingerprint density at radius 2 is 2.22 bits per heavy atom. The van der Waals surface area contributed by atoms with Gasteiger partial charge in [0.2, 0.25) is 5.82 Å². The molecule has 0 saturated carbocycles. The first-order valence-corrected chi connectivity index (χ1v) is 5.33. The predicted molar refractivity (Wildman–Crippen MR) is 61.5 cm³/mol. The number of nitrogens with two attached hydrogens (primary N) is 1. The molecule has 0 aliphatic rings. The molecule has 0 fully saturated rings. The molecular weight excluding hydrogens is 243 g/mol. The highest BCUT2D eigenvalue weighted by Crippen LogP contribution is 2.24. The summed E-state index contributed by atoms with van der Waals surface area (Å²) in [6.45, 7) is 0. The average Bonchev–Trinajstić information content (AvgIpc) is 2.28. The highest BCUT2D eigenvalue weighted by atomic mass is 19.1. The van der Waals surface area contributed by atoms with Crippen LogP contribution in [-0.4, -0.2) is 16.0 Å². The summed E-state index contributed by atoms with van der Waals surface area (Å²) in [6.07, 6.45) is 0.716. The molecule has 7 heteroatoms. The third-order valence-electron chi connectivity index (χ3n) is 2.50. The fraction of sp³-hybridized carbons (Fsp3) is 0.364. The fourth-order valence-corrected chi connectivity index (χ4v) is 1.54. The minimum Gasteiger partial charge on any atom is -0.481 e. The van der Waals surface area contributed by atoms with E-state index in [9.17, 15) is 19.3 Å². The Bertz CT molecular complexity index is 464. The van der Waals surface area contributed by atoms with E-state index in [-0.39, 0.29) is 6.42 Å². The number of hydrogen-bond acceptors (Lipinski definition) is 4. The lowest BCUT2D eigenvalue weighted by atomic mass is 10.0. The molecule has 1 atom stereocenters. The van der Waals surface area contributed by atoms with Gasteiger partial charge < -0.3 is 10.8 Å². The Labute approximate surface area is 102 Å². The number of carboxylic acids is 1. The first-order valence-electron chi connectivity index (χ1n) is 5.33. The number of nitrogens with zero attached hydrogens (tertiary/aromatic N) is 1. The number of hydrogen-bond donors (Lipinski definition) is 2. The second-order valence-electron chi connectivity index (χ2n) is 3.86. The van der Waals surface area contributed by atoms with E-state index in [2.05, 4.69) is 0 Å². The number of nitro benzene ring substituents is 1. The second-order valence-corrected chi connectivity index (χ2v) is 3.86. The summed E-state index contributed by atoms with van der Waals surface area (Å²) >= 11 is 0. The van der Waals surface area contributed by atoms with Crippen LogP contribution in [0.4, 0.5) is 10.1 Å². The number of halogens is 1. The third-order valence-corrected chi connectivity index (χ3v) is 2.50. The average molecular weight is 256 g/mol. The topological polar surface area (TPSA) is 106 Å². The Balaban J connectivity index is 2.74. The van der Waals surface area contributed by atoms with E-state index in [4.69, 9.17) is 10.8 Å². The quantitative estimate of drug-likeness (QED) is 0.597. The van der Waals surface area contributed by atoms with Crippen LogP contribution < -0.4 is 5.73 Å². The molecule has 0 aromatic heterocycles. The molecule has 18 heavy (non-hydrogen) atoms. The number of carbonyl (C=O) groups is 1. The van der Waals surface area contributed by atoms with Crippen molar-refractivity contribution < 1.29 is 19.2 Å². The summed E-state index contributed by atoms with van der Waals surface area (Å²) in [5.41, 5.74) is 5.56. The summed E-state index contributed by atoms with van der Waals surface area (Å²) < 4.78 is 13.1. The van der Waals surface area contributed by atoms with Gasteiger partial charge in [0.1, 0.15) is 0 Å². The van der Waals surface area contributed by atoms with E-state index in [0.29, 0.717) is 18.4 Å². The smallest absolute Gasteiger partial charge is 0.305 e. The van der Waals surface area contributed by atoms with Crippen LogP contribution in [-0.2, 0) is 4.79 Å². The van der Waals surface area contributed by atoms with E-state index in [1.807, 2.05) is 0 Å². The van der Waals surface area contributed by atoms with Gasteiger partial charge in [-0.2, -0.15) is 4.39 Å². The van der Waals surface area contributed by atoms with E-state index in [0.717, 1.165) is 12.1 Å². The number of rotatable bonds is 6. The maximum absolute atomic E-state index is 13.1. The summed E-state index contributed by atoms with van der Waals surface area (Å²) in [6, 6.07) is 2.91. The van der Waals surface area contributed by atoms with Crippen molar-refractivity contribution in [3.8, 4) is 0 Å². The first kappa shape index (κ1) is 14.0. The molecule has 0 aliphatic carbocycles. The van der Waals surface area contributed by atoms with Gasteiger partial charge in [-0.15, -0.1) is 0 Å². The molecule has 3 N–H and O–H groups in total. The molecule has 0 saturated heterocycles. The zero-order valence-corrected chi connectivity index (χ0v) is 9.51. The lowest BCUT2D eigenvalue weighted by Crippen LogP contribution is -2.11. The SMILES string of the molecule is NC(CCCC(=O)O)c1ccc(F)c([N+](=O)[O-])c1. The van der Waals surface area contributed by atoms with Gasteiger partial charge in [0.25, 0.3) is 0 Å². The van der Waals surface area contributed by atoms with Gasteiger partial charge in [0.05, 0.1) is 4.92 Å². The molecule has 1 unspecified atom stereocenters. The van der Waals surface area contributed by atoms with Crippen LogP contribution in [0, 0.1) is 15.9 Å². The van der Waals surface area contributed by atoms with Crippen LogP contribution in [0.25, 0.3) is 0 Å². The number of aliphatic carboxylic acids is 1. The van der Waals surface area contributed by atoms with Crippen molar-refractivity contribution >= 4 is 11.7 Å². The molecule has 1 rings (SSSR count). The Morgan fingerprint density at radius 1 is 1.56 bits per heavy atom. The maximum Gasteiger partial charge on any atom is 0.305 e. The molecule has 0 heterocycles. The molecule has 0 radical (unpaired) electrons. The number of benzene rings is 1.